The molecule has 0 spiro atoms. The molecular formula is C25H20FN3O5. The molecule has 5 rings (SSSR count). The first-order chi connectivity index (χ1) is 16.4. The van der Waals surface area contributed by atoms with Gasteiger partial charge in [0.1, 0.15) is 11.9 Å². The molecule has 1 saturated heterocycles. The monoisotopic (exact) mass is 461 g/mol. The molecular weight excluding hydrogens is 441 g/mol. The molecule has 0 aliphatic carbocycles. The van der Waals surface area contributed by atoms with Crippen molar-refractivity contribution in [3.8, 4) is 0 Å². The molecule has 3 aliphatic rings. The Kier molecular flexibility index (Phi) is 5.31. The van der Waals surface area contributed by atoms with Crippen LogP contribution in [0.4, 0.5) is 4.39 Å². The van der Waals surface area contributed by atoms with Crippen LogP contribution in [0.15, 0.2) is 48.5 Å². The second-order valence-corrected chi connectivity index (χ2v) is 8.39. The van der Waals surface area contributed by atoms with Crippen LogP contribution in [0.1, 0.15) is 55.9 Å². The van der Waals surface area contributed by atoms with E-state index in [9.17, 15) is 28.4 Å². The molecule has 2 aromatic carbocycles. The highest BCUT2D eigenvalue weighted by atomic mass is 19.1. The fourth-order valence-corrected chi connectivity index (χ4v) is 4.69. The van der Waals surface area contributed by atoms with Crippen LogP contribution < -0.4 is 5.32 Å². The van der Waals surface area contributed by atoms with Crippen molar-refractivity contribution in [2.24, 2.45) is 0 Å². The summed E-state index contributed by atoms with van der Waals surface area (Å²) in [6, 6.07) is 9.72. The van der Waals surface area contributed by atoms with Crippen LogP contribution in [-0.2, 0) is 9.59 Å². The number of fused-ring (bicyclic) bond motifs is 1. The average Bonchev–Trinajstić information content (AvgIpc) is 3.09. The van der Waals surface area contributed by atoms with Gasteiger partial charge in [-0.25, -0.2) is 4.39 Å². The van der Waals surface area contributed by atoms with E-state index >= 15 is 0 Å². The van der Waals surface area contributed by atoms with Gasteiger partial charge in [-0.05, 0) is 42.2 Å². The molecule has 1 unspecified atom stereocenters. The zero-order chi connectivity index (χ0) is 24.0. The number of imide groups is 2. The van der Waals surface area contributed by atoms with E-state index in [1.54, 1.807) is 30.3 Å². The number of benzene rings is 2. The quantitative estimate of drug-likeness (QED) is 0.706. The van der Waals surface area contributed by atoms with Crippen molar-refractivity contribution in [3.05, 3.63) is 76.6 Å². The summed E-state index contributed by atoms with van der Waals surface area (Å²) in [4.78, 5) is 65.3. The fraction of sp³-hybridized carbons (Fsp3) is 0.240. The van der Waals surface area contributed by atoms with Crippen molar-refractivity contribution >= 4 is 35.1 Å². The van der Waals surface area contributed by atoms with Crippen LogP contribution in [0, 0.1) is 5.82 Å². The second-order valence-electron chi connectivity index (χ2n) is 8.39. The maximum Gasteiger partial charge on any atom is 0.262 e. The summed E-state index contributed by atoms with van der Waals surface area (Å²) in [6.45, 7) is 0.548. The Labute approximate surface area is 194 Å². The molecule has 5 amide bonds. The summed E-state index contributed by atoms with van der Waals surface area (Å²) in [5.74, 6) is -3.23. The van der Waals surface area contributed by atoms with Gasteiger partial charge in [0.2, 0.25) is 11.8 Å². The number of carbonyl (C=O) groups is 5. The lowest BCUT2D eigenvalue weighted by atomic mass is 9.92. The van der Waals surface area contributed by atoms with E-state index in [0.717, 1.165) is 10.5 Å². The predicted molar refractivity (Wildman–Crippen MR) is 118 cm³/mol. The minimum atomic E-state index is -1.04. The van der Waals surface area contributed by atoms with E-state index in [1.165, 1.54) is 23.1 Å². The lowest BCUT2D eigenvalue weighted by Gasteiger charge is -2.28. The largest absolute Gasteiger partial charge is 0.334 e. The summed E-state index contributed by atoms with van der Waals surface area (Å²) in [6.07, 6.45) is 2.34. The van der Waals surface area contributed by atoms with Gasteiger partial charge in [0.05, 0.1) is 16.7 Å². The Bertz CT molecular complexity index is 1300. The Hall–Kier alpha value is -4.14. The molecule has 2 aromatic rings. The summed E-state index contributed by atoms with van der Waals surface area (Å²) in [7, 11) is 0. The molecule has 0 aromatic heterocycles. The van der Waals surface area contributed by atoms with Crippen molar-refractivity contribution in [3.63, 3.8) is 0 Å². The van der Waals surface area contributed by atoms with E-state index in [4.69, 9.17) is 0 Å². The van der Waals surface area contributed by atoms with Crippen LogP contribution in [0.2, 0.25) is 0 Å². The van der Waals surface area contributed by atoms with Gasteiger partial charge in [0.15, 0.2) is 0 Å². The molecule has 1 fully saturated rings. The van der Waals surface area contributed by atoms with Crippen molar-refractivity contribution < 1.29 is 28.4 Å². The van der Waals surface area contributed by atoms with Gasteiger partial charge in [0, 0.05) is 19.5 Å². The predicted octanol–water partition coefficient (Wildman–Crippen LogP) is 2.16. The third-order valence-electron chi connectivity index (χ3n) is 6.41. The van der Waals surface area contributed by atoms with Crippen LogP contribution >= 0.6 is 0 Å². The molecule has 3 heterocycles. The molecule has 1 atom stereocenters. The molecule has 34 heavy (non-hydrogen) atoms. The van der Waals surface area contributed by atoms with E-state index in [0.29, 0.717) is 18.5 Å². The van der Waals surface area contributed by atoms with E-state index in [2.05, 4.69) is 5.32 Å². The molecule has 9 heteroatoms. The number of nitrogens with zero attached hydrogens (tertiary/aromatic N) is 2. The minimum Gasteiger partial charge on any atom is -0.334 e. The van der Waals surface area contributed by atoms with Crippen LogP contribution in [0.5, 0.6) is 0 Å². The number of halogens is 1. The molecule has 8 nitrogen and oxygen atoms in total. The Morgan fingerprint density at radius 3 is 2.41 bits per heavy atom. The average molecular weight is 461 g/mol. The van der Waals surface area contributed by atoms with Crippen molar-refractivity contribution in [2.45, 2.75) is 25.3 Å². The molecule has 1 N–H and O–H groups in total. The smallest absolute Gasteiger partial charge is 0.262 e. The topological polar surface area (TPSA) is 104 Å². The van der Waals surface area contributed by atoms with Crippen LogP contribution in [-0.4, -0.2) is 58.5 Å². The van der Waals surface area contributed by atoms with Gasteiger partial charge >= 0.3 is 0 Å². The molecule has 0 saturated carbocycles. The van der Waals surface area contributed by atoms with Gasteiger partial charge in [-0.3, -0.25) is 34.2 Å². The first-order valence-corrected chi connectivity index (χ1v) is 10.9. The standard InChI is InChI=1S/C25H20FN3O5/c26-18-7-2-1-4-16(18)23(32)28-12-10-14(11-13-28)15-5-3-6-17-21(15)25(34)29(24(17)33)19-8-9-20(30)27-22(19)31/h1-7,10,19H,8-9,11-13H2,(H,27,30,31). The number of hydrogen-bond acceptors (Lipinski definition) is 5. The maximum atomic E-state index is 14.0. The van der Waals surface area contributed by atoms with Crippen molar-refractivity contribution in [1.82, 2.24) is 15.1 Å². The Morgan fingerprint density at radius 1 is 0.941 bits per heavy atom. The van der Waals surface area contributed by atoms with Gasteiger partial charge < -0.3 is 4.90 Å². The first kappa shape index (κ1) is 21.7. The zero-order valence-electron chi connectivity index (χ0n) is 18.0. The second kappa shape index (κ2) is 8.33. The fourth-order valence-electron chi connectivity index (χ4n) is 4.69. The van der Waals surface area contributed by atoms with Crippen LogP contribution in [0.3, 0.4) is 0 Å². The lowest BCUT2D eigenvalue weighted by molar-refractivity contribution is -0.136. The summed E-state index contributed by atoms with van der Waals surface area (Å²) >= 11 is 0. The SMILES string of the molecule is O=C1CCC(N2C(=O)c3cccc(C4=CCN(C(=O)c5ccccc5F)CC4)c3C2=O)C(=O)N1. The highest BCUT2D eigenvalue weighted by molar-refractivity contribution is 6.25. The van der Waals surface area contributed by atoms with Crippen molar-refractivity contribution in [1.29, 1.82) is 0 Å². The Balaban J connectivity index is 1.41. The number of hydrogen-bond donors (Lipinski definition) is 1. The normalized spacial score (nSPS) is 20.3. The summed E-state index contributed by atoms with van der Waals surface area (Å²) < 4.78 is 14.0. The van der Waals surface area contributed by atoms with Gasteiger partial charge in [0.25, 0.3) is 17.7 Å². The van der Waals surface area contributed by atoms with E-state index < -0.39 is 41.4 Å². The molecule has 0 bridgehead atoms. The number of amides is 5. The highest BCUT2D eigenvalue weighted by Gasteiger charge is 2.45. The first-order valence-electron chi connectivity index (χ1n) is 10.9. The van der Waals surface area contributed by atoms with Gasteiger partial charge in [-0.2, -0.15) is 0 Å². The Morgan fingerprint density at radius 2 is 1.71 bits per heavy atom. The maximum absolute atomic E-state index is 14.0. The minimum absolute atomic E-state index is 0.000564. The van der Waals surface area contributed by atoms with Crippen LogP contribution in [0.25, 0.3) is 5.57 Å². The molecule has 3 aliphatic heterocycles. The zero-order valence-corrected chi connectivity index (χ0v) is 18.0. The number of rotatable bonds is 3. The third-order valence-corrected chi connectivity index (χ3v) is 6.41. The van der Waals surface area contributed by atoms with Gasteiger partial charge in [-0.15, -0.1) is 0 Å². The third kappa shape index (κ3) is 3.49. The number of nitrogens with one attached hydrogen (secondary N) is 1. The summed E-state index contributed by atoms with van der Waals surface area (Å²) in [5.41, 5.74) is 1.79. The lowest BCUT2D eigenvalue weighted by Crippen LogP contribution is -2.54. The number of piperidine rings is 1. The van der Waals surface area contributed by atoms with Gasteiger partial charge in [-0.1, -0.05) is 30.3 Å². The molecule has 172 valence electrons. The van der Waals surface area contributed by atoms with E-state index in [1.807, 2.05) is 0 Å². The van der Waals surface area contributed by atoms with Crippen molar-refractivity contribution in [2.75, 3.05) is 13.1 Å². The number of carbonyl (C=O) groups excluding carboxylic acids is 5. The highest BCUT2D eigenvalue weighted by Crippen LogP contribution is 2.35. The summed E-state index contributed by atoms with van der Waals surface area (Å²) in [5, 5.41) is 2.19. The van der Waals surface area contributed by atoms with E-state index in [-0.39, 0.29) is 36.1 Å². The molecule has 0 radical (unpaired) electrons.